The third-order valence-corrected chi connectivity index (χ3v) is 1.83. The molecule has 13 heavy (non-hydrogen) atoms. The molecule has 0 bridgehead atoms. The molecule has 1 aromatic carbocycles. The van der Waals surface area contributed by atoms with Crippen LogP contribution in [0.25, 0.3) is 5.69 Å². The Hall–Kier alpha value is -1.97. The highest BCUT2D eigenvalue weighted by molar-refractivity contribution is 5.49. The van der Waals surface area contributed by atoms with Gasteiger partial charge in [-0.3, -0.25) is 4.57 Å². The van der Waals surface area contributed by atoms with Gasteiger partial charge in [-0.05, 0) is 12.1 Å². The standard InChI is InChI=1S/C9H10N4/c10-8-6-12-9(11)13(8)7-4-2-1-3-5-7/h1-6H,10H2,(H2,11,12). The van der Waals surface area contributed by atoms with E-state index in [1.54, 1.807) is 10.8 Å². The van der Waals surface area contributed by atoms with Gasteiger partial charge >= 0.3 is 0 Å². The van der Waals surface area contributed by atoms with Crippen molar-refractivity contribution >= 4 is 11.8 Å². The van der Waals surface area contributed by atoms with Crippen LogP contribution in [0, 0.1) is 0 Å². The fourth-order valence-electron chi connectivity index (χ4n) is 1.24. The van der Waals surface area contributed by atoms with Crippen LogP contribution in [0.2, 0.25) is 0 Å². The van der Waals surface area contributed by atoms with Gasteiger partial charge in [-0.1, -0.05) is 18.2 Å². The van der Waals surface area contributed by atoms with Crippen molar-refractivity contribution in [2.75, 3.05) is 11.5 Å². The van der Waals surface area contributed by atoms with Gasteiger partial charge in [0.25, 0.3) is 0 Å². The maximum Gasteiger partial charge on any atom is 0.206 e. The largest absolute Gasteiger partial charge is 0.383 e. The van der Waals surface area contributed by atoms with Gasteiger partial charge in [-0.15, -0.1) is 0 Å². The minimum absolute atomic E-state index is 0.406. The second-order valence-electron chi connectivity index (χ2n) is 2.71. The van der Waals surface area contributed by atoms with Crippen LogP contribution >= 0.6 is 0 Å². The predicted molar refractivity (Wildman–Crippen MR) is 52.4 cm³/mol. The zero-order chi connectivity index (χ0) is 9.26. The van der Waals surface area contributed by atoms with E-state index in [0.29, 0.717) is 11.8 Å². The highest BCUT2D eigenvalue weighted by Gasteiger charge is 2.04. The van der Waals surface area contributed by atoms with Gasteiger partial charge in [-0.2, -0.15) is 0 Å². The molecule has 2 aromatic rings. The summed E-state index contributed by atoms with van der Waals surface area (Å²) in [5.74, 6) is 0.951. The van der Waals surface area contributed by atoms with Gasteiger partial charge in [0, 0.05) is 0 Å². The lowest BCUT2D eigenvalue weighted by Crippen LogP contribution is -2.03. The lowest BCUT2D eigenvalue weighted by atomic mass is 10.3. The van der Waals surface area contributed by atoms with E-state index in [1.165, 1.54) is 0 Å². The first-order valence-corrected chi connectivity index (χ1v) is 3.93. The Labute approximate surface area is 75.8 Å². The van der Waals surface area contributed by atoms with Gasteiger partial charge < -0.3 is 11.5 Å². The summed E-state index contributed by atoms with van der Waals surface area (Å²) in [5, 5.41) is 0. The van der Waals surface area contributed by atoms with Crippen LogP contribution in [0.4, 0.5) is 11.8 Å². The van der Waals surface area contributed by atoms with Crippen molar-refractivity contribution in [2.45, 2.75) is 0 Å². The minimum atomic E-state index is 0.406. The monoisotopic (exact) mass is 174 g/mol. The number of para-hydroxylation sites is 1. The highest BCUT2D eigenvalue weighted by atomic mass is 15.2. The van der Waals surface area contributed by atoms with E-state index in [9.17, 15) is 0 Å². The summed E-state index contributed by atoms with van der Waals surface area (Å²) in [6.45, 7) is 0. The van der Waals surface area contributed by atoms with E-state index >= 15 is 0 Å². The molecule has 4 N–H and O–H groups in total. The van der Waals surface area contributed by atoms with E-state index in [1.807, 2.05) is 30.3 Å². The molecule has 0 saturated carbocycles. The third-order valence-electron chi connectivity index (χ3n) is 1.83. The van der Waals surface area contributed by atoms with Crippen molar-refractivity contribution in [3.05, 3.63) is 36.5 Å². The number of hydrogen-bond donors (Lipinski definition) is 2. The Balaban J connectivity index is 2.59. The number of nitrogens with two attached hydrogens (primary N) is 2. The van der Waals surface area contributed by atoms with Crippen molar-refractivity contribution in [3.8, 4) is 5.69 Å². The molecule has 0 aliphatic heterocycles. The van der Waals surface area contributed by atoms with Crippen molar-refractivity contribution < 1.29 is 0 Å². The first-order chi connectivity index (χ1) is 6.29. The van der Waals surface area contributed by atoms with E-state index in [0.717, 1.165) is 5.69 Å². The summed E-state index contributed by atoms with van der Waals surface area (Å²) in [5.41, 5.74) is 12.3. The summed E-state index contributed by atoms with van der Waals surface area (Å²) in [6, 6.07) is 9.64. The quantitative estimate of drug-likeness (QED) is 0.678. The maximum absolute atomic E-state index is 5.69. The van der Waals surface area contributed by atoms with Crippen molar-refractivity contribution in [3.63, 3.8) is 0 Å². The molecule has 4 heteroatoms. The van der Waals surface area contributed by atoms with Gasteiger partial charge in [0.15, 0.2) is 0 Å². The molecule has 0 atom stereocenters. The van der Waals surface area contributed by atoms with Crippen LogP contribution in [0.1, 0.15) is 0 Å². The number of nitrogens with zero attached hydrogens (tertiary/aromatic N) is 2. The van der Waals surface area contributed by atoms with E-state index in [-0.39, 0.29) is 0 Å². The summed E-state index contributed by atoms with van der Waals surface area (Å²) >= 11 is 0. The Bertz CT molecular complexity index is 385. The van der Waals surface area contributed by atoms with Crippen molar-refractivity contribution in [1.29, 1.82) is 0 Å². The summed E-state index contributed by atoms with van der Waals surface area (Å²) in [7, 11) is 0. The van der Waals surface area contributed by atoms with Crippen LogP contribution in [-0.4, -0.2) is 9.55 Å². The number of rotatable bonds is 1. The summed E-state index contributed by atoms with van der Waals surface area (Å²) in [4.78, 5) is 3.91. The number of nitrogen functional groups attached to an aromatic ring is 2. The average Bonchev–Trinajstić information content (AvgIpc) is 2.48. The van der Waals surface area contributed by atoms with Gasteiger partial charge in [0.1, 0.15) is 5.82 Å². The molecule has 0 fully saturated rings. The SMILES string of the molecule is Nc1cnc(N)n1-c1ccccc1. The van der Waals surface area contributed by atoms with Crippen LogP contribution in [0.15, 0.2) is 36.5 Å². The maximum atomic E-state index is 5.69. The number of aromatic nitrogens is 2. The second-order valence-corrected chi connectivity index (χ2v) is 2.71. The number of imidazole rings is 1. The molecular weight excluding hydrogens is 164 g/mol. The van der Waals surface area contributed by atoms with Gasteiger partial charge in [0.2, 0.25) is 5.95 Å². The molecular formula is C9H10N4. The summed E-state index contributed by atoms with van der Waals surface area (Å²) < 4.78 is 1.69. The molecule has 0 unspecified atom stereocenters. The second kappa shape index (κ2) is 2.82. The fourth-order valence-corrected chi connectivity index (χ4v) is 1.24. The van der Waals surface area contributed by atoms with E-state index in [4.69, 9.17) is 11.5 Å². The minimum Gasteiger partial charge on any atom is -0.383 e. The molecule has 0 radical (unpaired) electrons. The third kappa shape index (κ3) is 1.22. The number of benzene rings is 1. The molecule has 0 aliphatic rings. The summed E-state index contributed by atoms with van der Waals surface area (Å²) in [6.07, 6.45) is 1.54. The van der Waals surface area contributed by atoms with E-state index < -0.39 is 0 Å². The number of hydrogen-bond acceptors (Lipinski definition) is 3. The van der Waals surface area contributed by atoms with Crippen LogP contribution in [0.5, 0.6) is 0 Å². The molecule has 2 rings (SSSR count). The lowest BCUT2D eigenvalue weighted by Gasteiger charge is -2.05. The van der Waals surface area contributed by atoms with Crippen LogP contribution < -0.4 is 11.5 Å². The molecule has 0 amide bonds. The highest BCUT2D eigenvalue weighted by Crippen LogP contribution is 2.16. The molecule has 4 nitrogen and oxygen atoms in total. The Morgan fingerprint density at radius 3 is 2.31 bits per heavy atom. The molecule has 0 saturated heterocycles. The molecule has 1 heterocycles. The molecule has 0 aliphatic carbocycles. The van der Waals surface area contributed by atoms with Crippen molar-refractivity contribution in [2.24, 2.45) is 0 Å². The topological polar surface area (TPSA) is 69.9 Å². The fraction of sp³-hybridized carbons (Fsp3) is 0. The van der Waals surface area contributed by atoms with Crippen LogP contribution in [0.3, 0.4) is 0 Å². The molecule has 66 valence electrons. The van der Waals surface area contributed by atoms with E-state index in [2.05, 4.69) is 4.98 Å². The molecule has 1 aromatic heterocycles. The lowest BCUT2D eigenvalue weighted by molar-refractivity contribution is 1.08. The van der Waals surface area contributed by atoms with Gasteiger partial charge in [0.05, 0.1) is 11.9 Å². The smallest absolute Gasteiger partial charge is 0.206 e. The average molecular weight is 174 g/mol. The number of anilines is 2. The van der Waals surface area contributed by atoms with Gasteiger partial charge in [-0.25, -0.2) is 4.98 Å². The Morgan fingerprint density at radius 2 is 1.77 bits per heavy atom. The van der Waals surface area contributed by atoms with Crippen molar-refractivity contribution in [1.82, 2.24) is 9.55 Å². The zero-order valence-electron chi connectivity index (χ0n) is 7.01. The predicted octanol–water partition coefficient (Wildman–Crippen LogP) is 1.04. The zero-order valence-corrected chi connectivity index (χ0v) is 7.01. The Morgan fingerprint density at radius 1 is 1.08 bits per heavy atom. The van der Waals surface area contributed by atoms with Crippen LogP contribution in [-0.2, 0) is 0 Å². The first-order valence-electron chi connectivity index (χ1n) is 3.93. The first kappa shape index (κ1) is 7.67. The normalized spacial score (nSPS) is 10.2. The molecule has 0 spiro atoms. The Kier molecular flexibility index (Phi) is 1.66.